The zero-order valence-electron chi connectivity index (χ0n) is 20.8. The van der Waals surface area contributed by atoms with E-state index in [4.69, 9.17) is 9.47 Å². The molecule has 0 aromatic carbocycles. The SMILES string of the molecule is CCOC(=O)C[C@](C)(O)[C@H]1CC[C@H]2[C@@H]3CC[C@@H]4C[C@@H](OC(C)=O)CC[C@]4(C)[C@H]3CC[C@@]21C. The molecular weight excluding hydrogens is 404 g/mol. The molecule has 1 N–H and O–H groups in total. The summed E-state index contributed by atoms with van der Waals surface area (Å²) in [6, 6.07) is 0. The van der Waals surface area contributed by atoms with Gasteiger partial charge in [0, 0.05) is 6.92 Å². The van der Waals surface area contributed by atoms with Crippen LogP contribution in [0.15, 0.2) is 0 Å². The van der Waals surface area contributed by atoms with Gasteiger partial charge in [0.1, 0.15) is 6.10 Å². The second kappa shape index (κ2) is 8.60. The topological polar surface area (TPSA) is 72.8 Å². The summed E-state index contributed by atoms with van der Waals surface area (Å²) in [5.74, 6) is 2.44. The number of ether oxygens (including phenoxy) is 2. The Bertz CT molecular complexity index is 732. The summed E-state index contributed by atoms with van der Waals surface area (Å²) >= 11 is 0. The molecule has 0 bridgehead atoms. The fourth-order valence-corrected chi connectivity index (χ4v) is 9.21. The average Bonchev–Trinajstić information content (AvgIpc) is 3.06. The van der Waals surface area contributed by atoms with E-state index in [2.05, 4.69) is 13.8 Å². The Morgan fingerprint density at radius 1 is 1.00 bits per heavy atom. The normalized spacial score (nSPS) is 45.1. The van der Waals surface area contributed by atoms with Crippen LogP contribution >= 0.6 is 0 Å². The fourth-order valence-electron chi connectivity index (χ4n) is 9.21. The van der Waals surface area contributed by atoms with Crippen molar-refractivity contribution in [2.75, 3.05) is 6.61 Å². The Morgan fingerprint density at radius 2 is 1.69 bits per heavy atom. The number of hydrogen-bond donors (Lipinski definition) is 1. The monoisotopic (exact) mass is 448 g/mol. The highest BCUT2D eigenvalue weighted by Crippen LogP contribution is 2.68. The van der Waals surface area contributed by atoms with Crippen LogP contribution in [0.4, 0.5) is 0 Å². The largest absolute Gasteiger partial charge is 0.466 e. The zero-order chi connectivity index (χ0) is 23.3. The molecule has 9 atom stereocenters. The van der Waals surface area contributed by atoms with Crippen molar-refractivity contribution in [2.45, 2.75) is 111 Å². The standard InChI is InChI=1S/C27H44O5/c1-6-31-24(29)16-27(5,30)23-10-9-21-20-8-7-18-15-19(32-17(2)28)11-13-25(18,3)22(20)12-14-26(21,23)4/h18-23,30H,6-16H2,1-5H3/t18-,19+,20+,21+,22+,23+,25+,26+,27+/m1/s1. The van der Waals surface area contributed by atoms with E-state index in [0.29, 0.717) is 29.8 Å². The molecule has 5 nitrogen and oxygen atoms in total. The van der Waals surface area contributed by atoms with Crippen molar-refractivity contribution in [2.24, 2.45) is 40.4 Å². The van der Waals surface area contributed by atoms with Gasteiger partial charge in [0.25, 0.3) is 0 Å². The van der Waals surface area contributed by atoms with Crippen molar-refractivity contribution in [3.05, 3.63) is 0 Å². The molecule has 0 aliphatic heterocycles. The summed E-state index contributed by atoms with van der Waals surface area (Å²) in [7, 11) is 0. The van der Waals surface area contributed by atoms with Crippen molar-refractivity contribution in [1.82, 2.24) is 0 Å². The lowest BCUT2D eigenvalue weighted by Crippen LogP contribution is -2.55. The molecular formula is C27H44O5. The highest BCUT2D eigenvalue weighted by Gasteiger charge is 2.62. The van der Waals surface area contributed by atoms with Crippen LogP contribution in [-0.4, -0.2) is 35.4 Å². The second-order valence-corrected chi connectivity index (χ2v) is 12.2. The predicted molar refractivity (Wildman–Crippen MR) is 123 cm³/mol. The third kappa shape index (κ3) is 4.01. The van der Waals surface area contributed by atoms with Crippen molar-refractivity contribution < 1.29 is 24.2 Å². The summed E-state index contributed by atoms with van der Waals surface area (Å²) in [6.45, 7) is 10.5. The van der Waals surface area contributed by atoms with E-state index in [1.165, 1.54) is 26.2 Å². The molecule has 4 rings (SSSR count). The quantitative estimate of drug-likeness (QED) is 0.579. The summed E-state index contributed by atoms with van der Waals surface area (Å²) in [4.78, 5) is 23.7. The van der Waals surface area contributed by atoms with Crippen LogP contribution in [0, 0.1) is 40.4 Å². The summed E-state index contributed by atoms with van der Waals surface area (Å²) in [6.07, 6.45) is 10.4. The summed E-state index contributed by atoms with van der Waals surface area (Å²) < 4.78 is 10.8. The Labute approximate surface area is 194 Å². The second-order valence-electron chi connectivity index (χ2n) is 12.2. The highest BCUT2D eigenvalue weighted by atomic mass is 16.5. The minimum absolute atomic E-state index is 0.0926. The molecule has 0 amide bonds. The van der Waals surface area contributed by atoms with Gasteiger partial charge in [-0.1, -0.05) is 13.8 Å². The first-order chi connectivity index (χ1) is 15.0. The number of carbonyl (C=O) groups excluding carboxylic acids is 2. The first-order valence-corrected chi connectivity index (χ1v) is 13.1. The molecule has 0 spiro atoms. The predicted octanol–water partition coefficient (Wildman–Crippen LogP) is 5.28. The van der Waals surface area contributed by atoms with Crippen LogP contribution in [0.1, 0.15) is 98.8 Å². The average molecular weight is 449 g/mol. The Hall–Kier alpha value is -1.10. The van der Waals surface area contributed by atoms with Crippen LogP contribution in [0.3, 0.4) is 0 Å². The number of hydrogen-bond acceptors (Lipinski definition) is 5. The van der Waals surface area contributed by atoms with Crippen LogP contribution in [-0.2, 0) is 19.1 Å². The Kier molecular flexibility index (Phi) is 6.46. The van der Waals surface area contributed by atoms with Crippen molar-refractivity contribution in [1.29, 1.82) is 0 Å². The number of aliphatic hydroxyl groups is 1. The first-order valence-electron chi connectivity index (χ1n) is 13.1. The Balaban J connectivity index is 1.49. The Morgan fingerprint density at radius 3 is 2.38 bits per heavy atom. The molecule has 4 aliphatic rings. The van der Waals surface area contributed by atoms with E-state index < -0.39 is 5.60 Å². The molecule has 182 valence electrons. The fraction of sp³-hybridized carbons (Fsp3) is 0.926. The molecule has 0 aromatic rings. The molecule has 0 aromatic heterocycles. The van der Waals surface area contributed by atoms with Gasteiger partial charge in [0.05, 0.1) is 18.6 Å². The van der Waals surface area contributed by atoms with E-state index in [1.807, 2.05) is 13.8 Å². The minimum atomic E-state index is -1.01. The first kappa shape index (κ1) is 24.0. The van der Waals surface area contributed by atoms with Crippen LogP contribution < -0.4 is 0 Å². The van der Waals surface area contributed by atoms with Gasteiger partial charge in [-0.2, -0.15) is 0 Å². The molecule has 32 heavy (non-hydrogen) atoms. The van der Waals surface area contributed by atoms with Gasteiger partial charge in [0.15, 0.2) is 0 Å². The van der Waals surface area contributed by atoms with E-state index in [0.717, 1.165) is 44.4 Å². The van der Waals surface area contributed by atoms with Gasteiger partial charge in [-0.25, -0.2) is 0 Å². The van der Waals surface area contributed by atoms with Gasteiger partial charge < -0.3 is 14.6 Å². The number of rotatable bonds is 5. The van der Waals surface area contributed by atoms with Crippen LogP contribution in [0.5, 0.6) is 0 Å². The highest BCUT2D eigenvalue weighted by molar-refractivity contribution is 5.70. The summed E-state index contributed by atoms with van der Waals surface area (Å²) in [5.41, 5.74) is -0.576. The molecule has 4 fully saturated rings. The van der Waals surface area contributed by atoms with Gasteiger partial charge in [0.2, 0.25) is 0 Å². The lowest BCUT2D eigenvalue weighted by molar-refractivity contribution is -0.167. The zero-order valence-corrected chi connectivity index (χ0v) is 20.8. The van der Waals surface area contributed by atoms with Crippen molar-refractivity contribution in [3.63, 3.8) is 0 Å². The van der Waals surface area contributed by atoms with Crippen molar-refractivity contribution in [3.8, 4) is 0 Å². The van der Waals surface area contributed by atoms with E-state index >= 15 is 0 Å². The maximum Gasteiger partial charge on any atom is 0.308 e. The smallest absolute Gasteiger partial charge is 0.308 e. The van der Waals surface area contributed by atoms with E-state index in [-0.39, 0.29) is 35.8 Å². The molecule has 0 unspecified atom stereocenters. The molecule has 0 saturated heterocycles. The number of carbonyl (C=O) groups is 2. The number of esters is 2. The lowest BCUT2D eigenvalue weighted by Gasteiger charge is -2.61. The van der Waals surface area contributed by atoms with Gasteiger partial charge in [-0.05, 0) is 112 Å². The van der Waals surface area contributed by atoms with Gasteiger partial charge in [-0.15, -0.1) is 0 Å². The van der Waals surface area contributed by atoms with E-state index in [9.17, 15) is 14.7 Å². The van der Waals surface area contributed by atoms with Gasteiger partial charge in [-0.3, -0.25) is 9.59 Å². The summed E-state index contributed by atoms with van der Waals surface area (Å²) in [5, 5.41) is 11.4. The maximum absolute atomic E-state index is 12.2. The van der Waals surface area contributed by atoms with Crippen LogP contribution in [0.2, 0.25) is 0 Å². The minimum Gasteiger partial charge on any atom is -0.466 e. The molecule has 4 saturated carbocycles. The molecule has 4 aliphatic carbocycles. The van der Waals surface area contributed by atoms with E-state index in [1.54, 1.807) is 0 Å². The lowest BCUT2D eigenvalue weighted by atomic mass is 9.44. The van der Waals surface area contributed by atoms with Crippen LogP contribution in [0.25, 0.3) is 0 Å². The third-order valence-corrected chi connectivity index (χ3v) is 10.5. The van der Waals surface area contributed by atoms with Crippen molar-refractivity contribution >= 4 is 11.9 Å². The molecule has 0 radical (unpaired) electrons. The number of fused-ring (bicyclic) bond motifs is 5. The molecule has 5 heteroatoms. The molecule has 0 heterocycles. The maximum atomic E-state index is 12.2. The van der Waals surface area contributed by atoms with Gasteiger partial charge >= 0.3 is 11.9 Å². The third-order valence-electron chi connectivity index (χ3n) is 10.5.